The predicted molar refractivity (Wildman–Crippen MR) is 148 cm³/mol. The number of hydrogen-bond donors (Lipinski definition) is 0. The Balaban J connectivity index is 1.51. The molecule has 4 aromatic rings. The topological polar surface area (TPSA) is 66.9 Å². The molecule has 0 radical (unpaired) electrons. The van der Waals surface area contributed by atoms with Crippen LogP contribution in [0.1, 0.15) is 11.1 Å². The number of benzene rings is 4. The molecule has 1 saturated heterocycles. The third-order valence-corrected chi connectivity index (χ3v) is 6.47. The number of carbonyl (C=O) groups is 3. The zero-order valence-electron chi connectivity index (χ0n) is 20.2. The number of hydrogen-bond acceptors (Lipinski definition) is 4. The van der Waals surface area contributed by atoms with Gasteiger partial charge in [-0.05, 0) is 65.7 Å². The van der Waals surface area contributed by atoms with E-state index in [-0.39, 0.29) is 33.8 Å². The summed E-state index contributed by atoms with van der Waals surface area (Å²) in [6.45, 7) is 0.0946. The van der Waals surface area contributed by atoms with Gasteiger partial charge in [-0.1, -0.05) is 71.7 Å². The van der Waals surface area contributed by atoms with Crippen molar-refractivity contribution in [2.24, 2.45) is 0 Å². The quantitative estimate of drug-likeness (QED) is 0.183. The molecule has 6 nitrogen and oxygen atoms in total. The van der Waals surface area contributed by atoms with Gasteiger partial charge in [0.05, 0.1) is 21.4 Å². The van der Waals surface area contributed by atoms with Crippen LogP contribution in [0.25, 0.3) is 6.08 Å². The molecule has 4 amide bonds. The molecule has 1 aliphatic heterocycles. The Morgan fingerprint density at radius 2 is 1.21 bits per heavy atom. The monoisotopic (exact) mass is 560 g/mol. The number of halogens is 3. The minimum Gasteiger partial charge on any atom is -0.486 e. The van der Waals surface area contributed by atoms with E-state index in [1.807, 2.05) is 0 Å². The van der Waals surface area contributed by atoms with Crippen molar-refractivity contribution in [1.82, 2.24) is 0 Å². The molecule has 1 heterocycles. The van der Waals surface area contributed by atoms with Crippen LogP contribution in [0.15, 0.2) is 103 Å². The highest BCUT2D eigenvalue weighted by Crippen LogP contribution is 2.36. The van der Waals surface area contributed by atoms with Crippen molar-refractivity contribution in [3.8, 4) is 5.75 Å². The predicted octanol–water partition coefficient (Wildman–Crippen LogP) is 7.29. The Hall–Kier alpha value is -4.46. The minimum atomic E-state index is -0.792. The highest BCUT2D eigenvalue weighted by Gasteiger charge is 2.43. The molecule has 0 atom stereocenters. The third kappa shape index (κ3) is 5.41. The van der Waals surface area contributed by atoms with E-state index in [0.717, 1.165) is 9.80 Å². The first-order chi connectivity index (χ1) is 18.8. The number of anilines is 2. The SMILES string of the molecule is O=C1C(=Cc2cc(Cl)c(OCc3ccc(F)cc3)c(Cl)c2)C(=O)N(c2ccccc2)C(=O)N1c1ccccc1. The number of rotatable bonds is 6. The van der Waals surface area contributed by atoms with Gasteiger partial charge >= 0.3 is 6.03 Å². The number of para-hydroxylation sites is 2. The molecule has 0 unspecified atom stereocenters. The molecular weight excluding hydrogens is 542 g/mol. The van der Waals surface area contributed by atoms with Crippen molar-refractivity contribution in [2.75, 3.05) is 9.80 Å². The molecule has 194 valence electrons. The zero-order chi connectivity index (χ0) is 27.5. The number of carbonyl (C=O) groups excluding carboxylic acids is 3. The van der Waals surface area contributed by atoms with Gasteiger partial charge in [-0.3, -0.25) is 9.59 Å². The van der Waals surface area contributed by atoms with Gasteiger partial charge in [-0.15, -0.1) is 0 Å². The van der Waals surface area contributed by atoms with Gasteiger partial charge in [0.15, 0.2) is 5.75 Å². The van der Waals surface area contributed by atoms with E-state index in [0.29, 0.717) is 22.5 Å². The molecule has 0 bridgehead atoms. The van der Waals surface area contributed by atoms with Gasteiger partial charge in [0.2, 0.25) is 0 Å². The first-order valence-corrected chi connectivity index (χ1v) is 12.5. The number of barbiturate groups is 1. The fraction of sp³-hybridized carbons (Fsp3) is 0.0333. The van der Waals surface area contributed by atoms with Crippen LogP contribution in [-0.2, 0) is 16.2 Å². The van der Waals surface area contributed by atoms with Crippen LogP contribution in [0.5, 0.6) is 5.75 Å². The Morgan fingerprint density at radius 3 is 1.69 bits per heavy atom. The van der Waals surface area contributed by atoms with E-state index in [1.54, 1.807) is 72.8 Å². The summed E-state index contributed by atoms with van der Waals surface area (Å²) in [5.41, 5.74) is 1.43. The van der Waals surface area contributed by atoms with Crippen molar-refractivity contribution in [3.05, 3.63) is 130 Å². The van der Waals surface area contributed by atoms with E-state index in [9.17, 15) is 18.8 Å². The van der Waals surface area contributed by atoms with E-state index in [4.69, 9.17) is 27.9 Å². The molecule has 4 aromatic carbocycles. The lowest BCUT2D eigenvalue weighted by Crippen LogP contribution is -2.57. The highest BCUT2D eigenvalue weighted by molar-refractivity contribution is 6.46. The number of imide groups is 2. The second-order valence-electron chi connectivity index (χ2n) is 8.52. The molecule has 0 aliphatic carbocycles. The summed E-state index contributed by atoms with van der Waals surface area (Å²) in [7, 11) is 0. The Morgan fingerprint density at radius 1 is 0.718 bits per heavy atom. The van der Waals surface area contributed by atoms with Gasteiger partial charge in [0, 0.05) is 0 Å². The van der Waals surface area contributed by atoms with E-state index >= 15 is 0 Å². The Labute approximate surface area is 233 Å². The maximum Gasteiger partial charge on any atom is 0.343 e. The minimum absolute atomic E-state index is 0.0946. The first kappa shape index (κ1) is 26.2. The molecule has 0 saturated carbocycles. The van der Waals surface area contributed by atoms with Crippen LogP contribution in [0.2, 0.25) is 10.0 Å². The fourth-order valence-corrected chi connectivity index (χ4v) is 4.66. The molecule has 39 heavy (non-hydrogen) atoms. The number of amides is 4. The summed E-state index contributed by atoms with van der Waals surface area (Å²) < 4.78 is 18.9. The lowest BCUT2D eigenvalue weighted by molar-refractivity contribution is -0.121. The van der Waals surface area contributed by atoms with Crippen molar-refractivity contribution in [3.63, 3.8) is 0 Å². The Kier molecular flexibility index (Phi) is 7.45. The van der Waals surface area contributed by atoms with Gasteiger partial charge < -0.3 is 4.74 Å². The normalized spacial score (nSPS) is 13.6. The molecule has 0 spiro atoms. The fourth-order valence-electron chi connectivity index (χ4n) is 4.04. The molecule has 0 aromatic heterocycles. The maximum absolute atomic E-state index is 13.5. The van der Waals surface area contributed by atoms with Crippen molar-refractivity contribution >= 4 is 58.5 Å². The van der Waals surface area contributed by atoms with Crippen LogP contribution >= 0.6 is 23.2 Å². The van der Waals surface area contributed by atoms with Crippen LogP contribution in [0.4, 0.5) is 20.6 Å². The van der Waals surface area contributed by atoms with Crippen molar-refractivity contribution in [1.29, 1.82) is 0 Å². The largest absolute Gasteiger partial charge is 0.486 e. The highest BCUT2D eigenvalue weighted by atomic mass is 35.5. The second-order valence-corrected chi connectivity index (χ2v) is 9.34. The average molecular weight is 561 g/mol. The van der Waals surface area contributed by atoms with Gasteiger partial charge in [0.25, 0.3) is 11.8 Å². The summed E-state index contributed by atoms with van der Waals surface area (Å²) in [6, 6.07) is 24.7. The standard InChI is InChI=1S/C30H19Cl2FN2O4/c31-25-16-20(17-26(32)27(25)39-18-19-11-13-21(33)14-12-19)15-24-28(36)34(22-7-3-1-4-8-22)30(38)35(29(24)37)23-9-5-2-6-10-23/h1-17H,18H2. The lowest BCUT2D eigenvalue weighted by atomic mass is 10.0. The molecule has 9 heteroatoms. The summed E-state index contributed by atoms with van der Waals surface area (Å²) in [4.78, 5) is 42.3. The van der Waals surface area contributed by atoms with E-state index in [2.05, 4.69) is 0 Å². The van der Waals surface area contributed by atoms with E-state index in [1.165, 1.54) is 30.3 Å². The number of urea groups is 1. The average Bonchev–Trinajstić information content (AvgIpc) is 2.93. The van der Waals surface area contributed by atoms with Gasteiger partial charge in [-0.2, -0.15) is 0 Å². The van der Waals surface area contributed by atoms with Crippen LogP contribution in [0, 0.1) is 5.82 Å². The van der Waals surface area contributed by atoms with Crippen LogP contribution < -0.4 is 14.5 Å². The van der Waals surface area contributed by atoms with Crippen LogP contribution in [-0.4, -0.2) is 17.8 Å². The zero-order valence-corrected chi connectivity index (χ0v) is 21.7. The molecule has 0 N–H and O–H groups in total. The van der Waals surface area contributed by atoms with Gasteiger partial charge in [0.1, 0.15) is 18.0 Å². The van der Waals surface area contributed by atoms with Crippen molar-refractivity contribution in [2.45, 2.75) is 6.61 Å². The summed E-state index contributed by atoms with van der Waals surface area (Å²) in [5.74, 6) is -1.74. The lowest BCUT2D eigenvalue weighted by Gasteiger charge is -2.33. The first-order valence-electron chi connectivity index (χ1n) is 11.7. The third-order valence-electron chi connectivity index (χ3n) is 5.91. The maximum atomic E-state index is 13.5. The molecule has 5 rings (SSSR count). The summed E-state index contributed by atoms with van der Waals surface area (Å²) in [5, 5.41) is 0.283. The number of ether oxygens (including phenoxy) is 1. The van der Waals surface area contributed by atoms with E-state index < -0.39 is 17.8 Å². The summed E-state index contributed by atoms with van der Waals surface area (Å²) >= 11 is 12.9. The molecule has 1 fully saturated rings. The molecule has 1 aliphatic rings. The van der Waals surface area contributed by atoms with Gasteiger partial charge in [-0.25, -0.2) is 19.0 Å². The number of nitrogens with zero attached hydrogens (tertiary/aromatic N) is 2. The smallest absolute Gasteiger partial charge is 0.343 e. The second kappa shape index (κ2) is 11.1. The molecular formula is C30H19Cl2FN2O4. The Bertz CT molecular complexity index is 1510. The van der Waals surface area contributed by atoms with Crippen molar-refractivity contribution < 1.29 is 23.5 Å². The van der Waals surface area contributed by atoms with Crippen LogP contribution in [0.3, 0.4) is 0 Å². The summed E-state index contributed by atoms with van der Waals surface area (Å²) in [6.07, 6.45) is 1.34.